The first-order valence-electron chi connectivity index (χ1n) is 9.10. The third kappa shape index (κ3) is 3.87. The Bertz CT molecular complexity index is 1140. The van der Waals surface area contributed by atoms with Gasteiger partial charge in [-0.3, -0.25) is 9.48 Å². The Morgan fingerprint density at radius 1 is 1.23 bits per heavy atom. The Morgan fingerprint density at radius 2 is 1.93 bits per heavy atom. The molecular weight excluding hydrogens is 419 g/mol. The van der Waals surface area contributed by atoms with Crippen molar-refractivity contribution in [2.45, 2.75) is 26.3 Å². The molecule has 1 amide bonds. The van der Waals surface area contributed by atoms with Gasteiger partial charge in [-0.05, 0) is 48.9 Å². The average Bonchev–Trinajstić information content (AvgIpc) is 2.95. The second-order valence-electron chi connectivity index (χ2n) is 7.22. The zero-order valence-corrected chi connectivity index (χ0v) is 16.9. The van der Waals surface area contributed by atoms with E-state index >= 15 is 0 Å². The Morgan fingerprint density at radius 3 is 2.60 bits per heavy atom. The molecule has 9 heteroatoms. The number of carbonyl (C=O) groups excluding carboxylic acids is 1. The van der Waals surface area contributed by atoms with Crippen LogP contribution in [0.4, 0.5) is 18.9 Å². The molecular formula is C21H17ClF3N3O2. The van der Waals surface area contributed by atoms with E-state index < -0.39 is 18.3 Å². The molecule has 0 unspecified atom stereocenters. The predicted octanol–water partition coefficient (Wildman–Crippen LogP) is 5.30. The largest absolute Gasteiger partial charge is 0.480 e. The number of rotatable bonds is 4. The third-order valence-corrected chi connectivity index (χ3v) is 4.91. The minimum atomic E-state index is -3.01. The summed E-state index contributed by atoms with van der Waals surface area (Å²) in [6, 6.07) is 8.80. The molecule has 1 aliphatic heterocycles. The number of amides is 1. The number of carbonyl (C=O) groups is 1. The van der Waals surface area contributed by atoms with Gasteiger partial charge in [-0.2, -0.15) is 5.10 Å². The lowest BCUT2D eigenvalue weighted by atomic mass is 9.98. The van der Waals surface area contributed by atoms with E-state index in [4.69, 9.17) is 16.3 Å². The lowest BCUT2D eigenvalue weighted by Crippen LogP contribution is -2.25. The fourth-order valence-electron chi connectivity index (χ4n) is 3.51. The molecule has 3 aromatic rings. The number of ether oxygens (including phenoxy) is 1. The molecule has 0 atom stereocenters. The van der Waals surface area contributed by atoms with E-state index in [2.05, 4.69) is 10.4 Å². The number of aromatic nitrogens is 2. The first kappa shape index (κ1) is 20.3. The van der Waals surface area contributed by atoms with E-state index in [0.717, 1.165) is 6.92 Å². The van der Waals surface area contributed by atoms with Crippen LogP contribution in [-0.2, 0) is 11.3 Å². The van der Waals surface area contributed by atoms with Gasteiger partial charge in [-0.15, -0.1) is 0 Å². The smallest absolute Gasteiger partial charge is 0.264 e. The number of hydrogen-bond donors (Lipinski definition) is 1. The van der Waals surface area contributed by atoms with Gasteiger partial charge in [0, 0.05) is 18.1 Å². The molecule has 0 saturated heterocycles. The number of hydrogen-bond acceptors (Lipinski definition) is 3. The Balaban J connectivity index is 1.94. The molecule has 0 spiro atoms. The number of halogens is 4. The maximum atomic E-state index is 13.8. The number of aryl methyl sites for hydroxylation is 1. The van der Waals surface area contributed by atoms with Gasteiger partial charge in [0.05, 0.1) is 22.1 Å². The van der Waals surface area contributed by atoms with Gasteiger partial charge >= 0.3 is 0 Å². The van der Waals surface area contributed by atoms with E-state index in [1.54, 1.807) is 19.1 Å². The van der Waals surface area contributed by atoms with Crippen LogP contribution in [0, 0.1) is 12.7 Å². The summed E-state index contributed by atoms with van der Waals surface area (Å²) < 4.78 is 47.7. The zero-order valence-electron chi connectivity index (χ0n) is 16.1. The molecule has 0 aliphatic carbocycles. The maximum Gasteiger partial charge on any atom is 0.264 e. The van der Waals surface area contributed by atoms with E-state index in [9.17, 15) is 18.0 Å². The van der Waals surface area contributed by atoms with Gasteiger partial charge < -0.3 is 10.1 Å². The number of nitrogens with one attached hydrogen (secondary N) is 1. The Hall–Kier alpha value is -3.00. The van der Waals surface area contributed by atoms with Gasteiger partial charge in [-0.25, -0.2) is 13.2 Å². The van der Waals surface area contributed by atoms with Crippen molar-refractivity contribution in [1.82, 2.24) is 9.78 Å². The fourth-order valence-corrected chi connectivity index (χ4v) is 3.78. The molecule has 4 rings (SSSR count). The van der Waals surface area contributed by atoms with Gasteiger partial charge in [-0.1, -0.05) is 11.6 Å². The van der Waals surface area contributed by atoms with Crippen LogP contribution in [-0.4, -0.2) is 28.2 Å². The van der Waals surface area contributed by atoms with Crippen molar-refractivity contribution >= 4 is 23.2 Å². The molecule has 156 valence electrons. The van der Waals surface area contributed by atoms with Crippen molar-refractivity contribution in [1.29, 1.82) is 0 Å². The van der Waals surface area contributed by atoms with Crippen molar-refractivity contribution < 1.29 is 22.7 Å². The molecule has 2 aromatic carbocycles. The summed E-state index contributed by atoms with van der Waals surface area (Å²) in [7, 11) is 0. The summed E-state index contributed by atoms with van der Waals surface area (Å²) in [4.78, 5) is 11.7. The van der Waals surface area contributed by atoms with Crippen LogP contribution in [0.3, 0.4) is 0 Å². The fraction of sp³-hybridized carbons (Fsp3) is 0.238. The second kappa shape index (κ2) is 7.36. The summed E-state index contributed by atoms with van der Waals surface area (Å²) in [5.74, 6) is -3.44. The van der Waals surface area contributed by atoms with Crippen LogP contribution in [0.25, 0.3) is 22.4 Å². The molecule has 0 saturated carbocycles. The van der Waals surface area contributed by atoms with Gasteiger partial charge in [0.25, 0.3) is 11.8 Å². The average molecular weight is 436 g/mol. The Kier molecular flexibility index (Phi) is 4.97. The van der Waals surface area contributed by atoms with Gasteiger partial charge in [0.2, 0.25) is 0 Å². The van der Waals surface area contributed by atoms with E-state index in [1.165, 1.54) is 28.9 Å². The highest BCUT2D eigenvalue weighted by molar-refractivity contribution is 6.33. The predicted molar refractivity (Wildman–Crippen MR) is 108 cm³/mol. The maximum absolute atomic E-state index is 13.8. The highest BCUT2D eigenvalue weighted by Gasteiger charge is 2.28. The molecule has 0 radical (unpaired) electrons. The molecule has 0 bridgehead atoms. The summed E-state index contributed by atoms with van der Waals surface area (Å²) in [5.41, 5.74) is 2.89. The number of alkyl halides is 2. The van der Waals surface area contributed by atoms with Crippen LogP contribution in [0.5, 0.6) is 5.75 Å². The number of fused-ring (bicyclic) bond motifs is 1. The summed E-state index contributed by atoms with van der Waals surface area (Å²) in [6.07, 6.45) is 0. The molecule has 1 aliphatic rings. The van der Waals surface area contributed by atoms with Crippen LogP contribution < -0.4 is 10.1 Å². The molecule has 2 heterocycles. The molecule has 0 fully saturated rings. The van der Waals surface area contributed by atoms with Gasteiger partial charge in [0.1, 0.15) is 12.4 Å². The number of anilines is 1. The van der Waals surface area contributed by atoms with Crippen LogP contribution in [0.15, 0.2) is 36.4 Å². The quantitative estimate of drug-likeness (QED) is 0.604. The third-order valence-electron chi connectivity index (χ3n) is 4.63. The first-order valence-corrected chi connectivity index (χ1v) is 9.48. The van der Waals surface area contributed by atoms with Crippen LogP contribution in [0.1, 0.15) is 12.6 Å². The Labute approximate surface area is 175 Å². The van der Waals surface area contributed by atoms with Crippen molar-refractivity contribution in [2.75, 3.05) is 11.9 Å². The van der Waals surface area contributed by atoms with Crippen molar-refractivity contribution in [3.8, 4) is 28.1 Å². The summed E-state index contributed by atoms with van der Waals surface area (Å²) in [5, 5.41) is 7.27. The molecule has 1 N–H and O–H groups in total. The zero-order chi connectivity index (χ0) is 21.6. The standard InChI is InChI=1S/C21H17ClF3N3O2/c1-11-18(13-7-15(22)20-16(8-13)26-17(29)9-30-20)19(12-3-5-14(23)6-4-12)28(27-11)10-21(2,24)25/h3-8H,9-10H2,1-2H3,(H,26,29). The van der Waals surface area contributed by atoms with E-state index in [-0.39, 0.29) is 17.5 Å². The van der Waals surface area contributed by atoms with Gasteiger partial charge in [0.15, 0.2) is 12.4 Å². The number of nitrogens with zero attached hydrogens (tertiary/aromatic N) is 2. The van der Waals surface area contributed by atoms with Crippen molar-refractivity contribution in [3.05, 3.63) is 52.9 Å². The van der Waals surface area contributed by atoms with Crippen LogP contribution in [0.2, 0.25) is 5.02 Å². The minimum Gasteiger partial charge on any atom is -0.480 e. The lowest BCUT2D eigenvalue weighted by molar-refractivity contribution is -0.118. The SMILES string of the molecule is Cc1nn(CC(C)(F)F)c(-c2ccc(F)cc2)c1-c1cc(Cl)c2c(c1)NC(=O)CO2. The molecule has 5 nitrogen and oxygen atoms in total. The highest BCUT2D eigenvalue weighted by Crippen LogP contribution is 2.43. The second-order valence-corrected chi connectivity index (χ2v) is 7.62. The topological polar surface area (TPSA) is 56.2 Å². The van der Waals surface area contributed by atoms with E-state index in [1.807, 2.05) is 0 Å². The monoisotopic (exact) mass is 435 g/mol. The first-order chi connectivity index (χ1) is 14.1. The molecule has 1 aromatic heterocycles. The van der Waals surface area contributed by atoms with Crippen LogP contribution >= 0.6 is 11.6 Å². The normalized spacial score (nSPS) is 13.6. The number of benzene rings is 2. The summed E-state index contributed by atoms with van der Waals surface area (Å²) >= 11 is 6.36. The van der Waals surface area contributed by atoms with E-state index in [0.29, 0.717) is 39.5 Å². The molecule has 30 heavy (non-hydrogen) atoms. The van der Waals surface area contributed by atoms with Crippen molar-refractivity contribution in [3.63, 3.8) is 0 Å². The lowest BCUT2D eigenvalue weighted by Gasteiger charge is -2.20. The highest BCUT2D eigenvalue weighted by atomic mass is 35.5. The van der Waals surface area contributed by atoms with Crippen molar-refractivity contribution in [2.24, 2.45) is 0 Å². The summed E-state index contributed by atoms with van der Waals surface area (Å²) in [6.45, 7) is 1.70. The minimum absolute atomic E-state index is 0.143.